The van der Waals surface area contributed by atoms with Gasteiger partial charge in [-0.3, -0.25) is 0 Å². The van der Waals surface area contributed by atoms with E-state index in [1.165, 1.54) is 6.33 Å². The number of halogens is 1. The van der Waals surface area contributed by atoms with Crippen molar-refractivity contribution in [3.05, 3.63) is 66.4 Å². The molecule has 0 aliphatic rings. The van der Waals surface area contributed by atoms with Gasteiger partial charge in [-0.15, -0.1) is 0 Å². The summed E-state index contributed by atoms with van der Waals surface area (Å²) in [6, 6.07) is 10.9. The topological polar surface area (TPSA) is 82.0 Å². The lowest BCUT2D eigenvalue weighted by atomic mass is 10.2. The number of aromatic nitrogens is 4. The van der Waals surface area contributed by atoms with Crippen LogP contribution in [0.3, 0.4) is 0 Å². The van der Waals surface area contributed by atoms with Gasteiger partial charge in [-0.25, -0.2) is 15.0 Å². The first kappa shape index (κ1) is 20.5. The zero-order chi connectivity index (χ0) is 20.9. The Morgan fingerprint density at radius 1 is 1.14 bits per heavy atom. The quantitative estimate of drug-likeness (QED) is 0.430. The minimum Gasteiger partial charge on any atom is -0.489 e. The molecular weight excluding hydrogens is 390 g/mol. The van der Waals surface area contributed by atoms with Gasteiger partial charge in [0.15, 0.2) is 5.82 Å². The number of nitrogens with zero attached hydrogens (tertiary/aromatic N) is 4. The number of hydrogen-bond donors (Lipinski definition) is 1. The molecule has 0 unspecified atom stereocenters. The molecule has 2 heterocycles. The third kappa shape index (κ3) is 6.43. The first-order valence-corrected chi connectivity index (χ1v) is 9.34. The van der Waals surface area contributed by atoms with Crippen molar-refractivity contribution >= 4 is 23.2 Å². The second kappa shape index (κ2) is 8.87. The Kier molecular flexibility index (Phi) is 6.29. The molecule has 29 heavy (non-hydrogen) atoms. The molecular formula is C21H22ClN5O2. The lowest BCUT2D eigenvalue weighted by Gasteiger charge is -2.22. The van der Waals surface area contributed by atoms with Crippen molar-refractivity contribution in [2.75, 3.05) is 11.9 Å². The highest BCUT2D eigenvalue weighted by atomic mass is 35.5. The molecule has 0 saturated heterocycles. The van der Waals surface area contributed by atoms with E-state index in [4.69, 9.17) is 21.1 Å². The minimum atomic E-state index is -0.306. The van der Waals surface area contributed by atoms with Gasteiger partial charge in [0.25, 0.3) is 0 Å². The minimum absolute atomic E-state index is 0.263. The summed E-state index contributed by atoms with van der Waals surface area (Å²) in [6.07, 6.45) is 3.04. The van der Waals surface area contributed by atoms with E-state index in [0.717, 1.165) is 11.3 Å². The molecule has 0 spiro atoms. The van der Waals surface area contributed by atoms with Crippen molar-refractivity contribution in [2.45, 2.75) is 26.4 Å². The van der Waals surface area contributed by atoms with E-state index < -0.39 is 0 Å². The van der Waals surface area contributed by atoms with Gasteiger partial charge in [0.2, 0.25) is 5.95 Å². The van der Waals surface area contributed by atoms with Crippen LogP contribution in [0.1, 0.15) is 20.8 Å². The number of anilines is 2. The van der Waals surface area contributed by atoms with Crippen LogP contribution in [0.5, 0.6) is 5.75 Å². The molecule has 0 saturated carbocycles. The zero-order valence-electron chi connectivity index (χ0n) is 16.5. The fourth-order valence-corrected chi connectivity index (χ4v) is 2.63. The van der Waals surface area contributed by atoms with Gasteiger partial charge < -0.3 is 14.8 Å². The summed E-state index contributed by atoms with van der Waals surface area (Å²) in [4.78, 5) is 16.8. The summed E-state index contributed by atoms with van der Waals surface area (Å²) in [7, 11) is 0. The first-order chi connectivity index (χ1) is 13.8. The van der Waals surface area contributed by atoms with Crippen LogP contribution in [0.2, 0.25) is 5.15 Å². The normalized spacial score (nSPS) is 11.0. The number of nitrogens with one attached hydrogen (secondary N) is 1. The van der Waals surface area contributed by atoms with Crippen LogP contribution in [0.4, 0.5) is 11.6 Å². The van der Waals surface area contributed by atoms with E-state index in [-0.39, 0.29) is 12.2 Å². The molecule has 0 radical (unpaired) electrons. The fourth-order valence-electron chi connectivity index (χ4n) is 2.46. The SMILES string of the molecule is C=C(COc1cccc(Nc2ncnc(-c3ccnc(Cl)c3)n2)c1)OC(C)(C)C. The van der Waals surface area contributed by atoms with E-state index in [0.29, 0.717) is 28.4 Å². The van der Waals surface area contributed by atoms with Crippen LogP contribution < -0.4 is 10.1 Å². The Hall–Kier alpha value is -3.19. The maximum absolute atomic E-state index is 5.94. The van der Waals surface area contributed by atoms with Crippen molar-refractivity contribution in [3.63, 3.8) is 0 Å². The standard InChI is InChI=1S/C21H22ClN5O2/c1-14(29-21(2,3)4)12-28-17-7-5-6-16(11-17)26-20-25-13-24-19(27-20)15-8-9-23-18(22)10-15/h5-11,13H,1,12H2,2-4H3,(H,24,25,26,27). The van der Waals surface area contributed by atoms with Crippen LogP contribution in [0.25, 0.3) is 11.4 Å². The molecule has 7 nitrogen and oxygen atoms in total. The van der Waals surface area contributed by atoms with Gasteiger partial charge in [-0.2, -0.15) is 4.98 Å². The Morgan fingerprint density at radius 2 is 1.97 bits per heavy atom. The van der Waals surface area contributed by atoms with Crippen molar-refractivity contribution in [1.82, 2.24) is 19.9 Å². The third-order valence-electron chi connectivity index (χ3n) is 3.50. The van der Waals surface area contributed by atoms with E-state index in [2.05, 4.69) is 31.8 Å². The Balaban J connectivity index is 1.67. The Morgan fingerprint density at radius 3 is 2.72 bits per heavy atom. The van der Waals surface area contributed by atoms with Crippen LogP contribution in [-0.4, -0.2) is 32.1 Å². The molecule has 0 amide bonds. The molecule has 0 atom stereocenters. The number of ether oxygens (including phenoxy) is 2. The van der Waals surface area contributed by atoms with E-state index in [9.17, 15) is 0 Å². The van der Waals surface area contributed by atoms with Crippen molar-refractivity contribution in [1.29, 1.82) is 0 Å². The van der Waals surface area contributed by atoms with Crippen LogP contribution in [0, 0.1) is 0 Å². The lowest BCUT2D eigenvalue weighted by Crippen LogP contribution is -2.20. The summed E-state index contributed by atoms with van der Waals surface area (Å²) in [5.74, 6) is 2.13. The van der Waals surface area contributed by atoms with Crippen LogP contribution in [0.15, 0.2) is 61.3 Å². The molecule has 8 heteroatoms. The number of pyridine rings is 1. The molecule has 1 aromatic carbocycles. The van der Waals surface area contributed by atoms with Crippen molar-refractivity contribution in [3.8, 4) is 17.1 Å². The molecule has 150 valence electrons. The molecule has 0 fully saturated rings. The van der Waals surface area contributed by atoms with Gasteiger partial charge in [0.1, 0.15) is 35.2 Å². The molecule has 3 aromatic rings. The number of hydrogen-bond acceptors (Lipinski definition) is 7. The summed E-state index contributed by atoms with van der Waals surface area (Å²) < 4.78 is 11.4. The fraction of sp³-hybridized carbons (Fsp3) is 0.238. The average molecular weight is 412 g/mol. The first-order valence-electron chi connectivity index (χ1n) is 8.96. The Labute approximate surface area is 174 Å². The molecule has 0 aliphatic carbocycles. The molecule has 0 bridgehead atoms. The van der Waals surface area contributed by atoms with Gasteiger partial charge in [-0.1, -0.05) is 24.2 Å². The average Bonchev–Trinajstić information content (AvgIpc) is 2.66. The smallest absolute Gasteiger partial charge is 0.230 e. The summed E-state index contributed by atoms with van der Waals surface area (Å²) >= 11 is 5.94. The molecule has 1 N–H and O–H groups in total. The lowest BCUT2D eigenvalue weighted by molar-refractivity contribution is 0.0374. The van der Waals surface area contributed by atoms with E-state index in [1.807, 2.05) is 45.0 Å². The molecule has 0 aliphatic heterocycles. The van der Waals surface area contributed by atoms with Gasteiger partial charge in [0.05, 0.1) is 0 Å². The highest BCUT2D eigenvalue weighted by Crippen LogP contribution is 2.22. The monoisotopic (exact) mass is 411 g/mol. The molecule has 2 aromatic heterocycles. The Bertz CT molecular complexity index is 1000. The van der Waals surface area contributed by atoms with Gasteiger partial charge in [0, 0.05) is 23.5 Å². The summed E-state index contributed by atoms with van der Waals surface area (Å²) in [5, 5.41) is 3.52. The maximum atomic E-state index is 5.94. The van der Waals surface area contributed by atoms with Crippen LogP contribution in [-0.2, 0) is 4.74 Å². The second-order valence-electron chi connectivity index (χ2n) is 7.19. The maximum Gasteiger partial charge on any atom is 0.230 e. The largest absolute Gasteiger partial charge is 0.489 e. The predicted molar refractivity (Wildman–Crippen MR) is 113 cm³/mol. The van der Waals surface area contributed by atoms with Gasteiger partial charge >= 0.3 is 0 Å². The van der Waals surface area contributed by atoms with Crippen LogP contribution >= 0.6 is 11.6 Å². The van der Waals surface area contributed by atoms with E-state index in [1.54, 1.807) is 18.3 Å². The van der Waals surface area contributed by atoms with Gasteiger partial charge in [-0.05, 0) is 45.0 Å². The van der Waals surface area contributed by atoms with E-state index >= 15 is 0 Å². The second-order valence-corrected chi connectivity index (χ2v) is 7.58. The summed E-state index contributed by atoms with van der Waals surface area (Å²) in [5.41, 5.74) is 1.22. The summed E-state index contributed by atoms with van der Waals surface area (Å²) in [6.45, 7) is 10.0. The predicted octanol–water partition coefficient (Wildman–Crippen LogP) is 5.04. The third-order valence-corrected chi connectivity index (χ3v) is 3.70. The highest BCUT2D eigenvalue weighted by Gasteiger charge is 2.13. The number of rotatable bonds is 7. The highest BCUT2D eigenvalue weighted by molar-refractivity contribution is 6.29. The van der Waals surface area contributed by atoms with Crippen molar-refractivity contribution < 1.29 is 9.47 Å². The zero-order valence-corrected chi connectivity index (χ0v) is 17.3. The number of benzene rings is 1. The molecule has 3 rings (SSSR count). The van der Waals surface area contributed by atoms with Crippen molar-refractivity contribution in [2.24, 2.45) is 0 Å².